The van der Waals surface area contributed by atoms with Crippen LogP contribution in [0.3, 0.4) is 0 Å². The standard InChI is InChI=1S/C12H10BrNO3/c1-16-7-2-3-9(14)8(6-7)12(15)10-4-5-11(13)17-10/h2-6H,14H2,1H3. The Hall–Kier alpha value is -1.75. The number of methoxy groups -OCH3 is 1. The number of ketones is 1. The van der Waals surface area contributed by atoms with E-state index in [1.807, 2.05) is 0 Å². The van der Waals surface area contributed by atoms with E-state index in [-0.39, 0.29) is 11.5 Å². The van der Waals surface area contributed by atoms with Crippen molar-refractivity contribution in [2.45, 2.75) is 0 Å². The minimum atomic E-state index is -0.271. The second kappa shape index (κ2) is 4.63. The van der Waals surface area contributed by atoms with Crippen LogP contribution < -0.4 is 10.5 Å². The number of nitrogens with two attached hydrogens (primary N) is 1. The molecule has 0 unspecified atom stereocenters. The molecular formula is C12H10BrNO3. The first-order valence-electron chi connectivity index (χ1n) is 4.85. The second-order valence-corrected chi connectivity index (χ2v) is 4.17. The third kappa shape index (κ3) is 2.34. The molecule has 1 heterocycles. The summed E-state index contributed by atoms with van der Waals surface area (Å²) in [5.74, 6) is 0.539. The molecule has 5 heteroatoms. The van der Waals surface area contributed by atoms with Crippen LogP contribution in [-0.2, 0) is 0 Å². The minimum absolute atomic E-state index is 0.233. The molecule has 88 valence electrons. The smallest absolute Gasteiger partial charge is 0.230 e. The van der Waals surface area contributed by atoms with Gasteiger partial charge in [-0.05, 0) is 46.3 Å². The molecule has 0 spiro atoms. The molecule has 2 rings (SSSR count). The Morgan fingerprint density at radius 3 is 2.71 bits per heavy atom. The largest absolute Gasteiger partial charge is 0.497 e. The van der Waals surface area contributed by atoms with Crippen molar-refractivity contribution in [2.75, 3.05) is 12.8 Å². The molecule has 2 aromatic rings. The van der Waals surface area contributed by atoms with Crippen LogP contribution in [0.2, 0.25) is 0 Å². The normalized spacial score (nSPS) is 10.2. The molecule has 17 heavy (non-hydrogen) atoms. The van der Waals surface area contributed by atoms with Crippen molar-refractivity contribution in [3.8, 4) is 5.75 Å². The first kappa shape index (κ1) is 11.7. The van der Waals surface area contributed by atoms with E-state index in [1.54, 1.807) is 30.3 Å². The fourth-order valence-electron chi connectivity index (χ4n) is 1.43. The molecule has 0 saturated carbocycles. The molecule has 0 aliphatic rings. The van der Waals surface area contributed by atoms with Gasteiger partial charge in [0.25, 0.3) is 0 Å². The summed E-state index contributed by atoms with van der Waals surface area (Å²) in [6, 6.07) is 8.16. The Labute approximate surface area is 106 Å². The van der Waals surface area contributed by atoms with Crippen molar-refractivity contribution in [1.82, 2.24) is 0 Å². The number of benzene rings is 1. The summed E-state index contributed by atoms with van der Waals surface area (Å²) in [5, 5.41) is 0. The van der Waals surface area contributed by atoms with Gasteiger partial charge in [-0.3, -0.25) is 4.79 Å². The quantitative estimate of drug-likeness (QED) is 0.698. The third-order valence-corrected chi connectivity index (χ3v) is 2.73. The summed E-state index contributed by atoms with van der Waals surface area (Å²) in [7, 11) is 1.53. The van der Waals surface area contributed by atoms with Crippen LogP contribution in [0.5, 0.6) is 5.75 Å². The maximum absolute atomic E-state index is 12.1. The number of hydrogen-bond donors (Lipinski definition) is 1. The molecule has 4 nitrogen and oxygen atoms in total. The van der Waals surface area contributed by atoms with Gasteiger partial charge >= 0.3 is 0 Å². The van der Waals surface area contributed by atoms with E-state index in [4.69, 9.17) is 14.9 Å². The predicted molar refractivity (Wildman–Crippen MR) is 67.2 cm³/mol. The Kier molecular flexibility index (Phi) is 3.19. The maximum Gasteiger partial charge on any atom is 0.230 e. The average Bonchev–Trinajstić information content (AvgIpc) is 2.76. The monoisotopic (exact) mass is 295 g/mol. The van der Waals surface area contributed by atoms with E-state index in [1.165, 1.54) is 7.11 Å². The van der Waals surface area contributed by atoms with Crippen molar-refractivity contribution < 1.29 is 13.9 Å². The van der Waals surface area contributed by atoms with Crippen LogP contribution in [0.1, 0.15) is 16.1 Å². The summed E-state index contributed by atoms with van der Waals surface area (Å²) < 4.78 is 10.8. The van der Waals surface area contributed by atoms with Gasteiger partial charge in [0.2, 0.25) is 5.78 Å². The molecule has 0 fully saturated rings. The van der Waals surface area contributed by atoms with Crippen LogP contribution in [0, 0.1) is 0 Å². The highest BCUT2D eigenvalue weighted by atomic mass is 79.9. The van der Waals surface area contributed by atoms with E-state index < -0.39 is 0 Å². The van der Waals surface area contributed by atoms with Crippen molar-refractivity contribution >= 4 is 27.4 Å². The Morgan fingerprint density at radius 2 is 2.12 bits per heavy atom. The third-order valence-electron chi connectivity index (χ3n) is 2.30. The summed E-state index contributed by atoms with van der Waals surface area (Å²) in [4.78, 5) is 12.1. The van der Waals surface area contributed by atoms with Crippen LogP contribution in [0.4, 0.5) is 5.69 Å². The first-order valence-corrected chi connectivity index (χ1v) is 5.64. The van der Waals surface area contributed by atoms with Crippen molar-refractivity contribution in [3.63, 3.8) is 0 Å². The van der Waals surface area contributed by atoms with Gasteiger partial charge in [0.15, 0.2) is 10.4 Å². The number of carbonyl (C=O) groups is 1. The molecule has 0 bridgehead atoms. The van der Waals surface area contributed by atoms with E-state index in [9.17, 15) is 4.79 Å². The lowest BCUT2D eigenvalue weighted by Gasteiger charge is -2.05. The lowest BCUT2D eigenvalue weighted by atomic mass is 10.1. The zero-order valence-electron chi connectivity index (χ0n) is 9.07. The highest BCUT2D eigenvalue weighted by Gasteiger charge is 2.16. The number of carbonyl (C=O) groups excluding carboxylic acids is 1. The first-order chi connectivity index (χ1) is 8.11. The van der Waals surface area contributed by atoms with Crippen LogP contribution in [0.15, 0.2) is 39.4 Å². The van der Waals surface area contributed by atoms with Gasteiger partial charge in [-0.2, -0.15) is 0 Å². The molecule has 0 saturated heterocycles. The van der Waals surface area contributed by atoms with Gasteiger partial charge in [-0.1, -0.05) is 0 Å². The Balaban J connectivity index is 2.43. The Morgan fingerprint density at radius 1 is 1.35 bits per heavy atom. The fourth-order valence-corrected chi connectivity index (χ4v) is 1.73. The minimum Gasteiger partial charge on any atom is -0.497 e. The second-order valence-electron chi connectivity index (χ2n) is 3.39. The summed E-state index contributed by atoms with van der Waals surface area (Å²) >= 11 is 3.14. The van der Waals surface area contributed by atoms with Gasteiger partial charge in [0, 0.05) is 5.69 Å². The molecule has 1 aromatic carbocycles. The van der Waals surface area contributed by atoms with E-state index >= 15 is 0 Å². The number of halogens is 1. The van der Waals surface area contributed by atoms with E-state index in [0.29, 0.717) is 21.7 Å². The zero-order chi connectivity index (χ0) is 12.4. The SMILES string of the molecule is COc1ccc(N)c(C(=O)c2ccc(Br)o2)c1. The number of anilines is 1. The average molecular weight is 296 g/mol. The lowest BCUT2D eigenvalue weighted by Crippen LogP contribution is -2.04. The lowest BCUT2D eigenvalue weighted by molar-refractivity contribution is 0.101. The van der Waals surface area contributed by atoms with Crippen LogP contribution >= 0.6 is 15.9 Å². The number of hydrogen-bond acceptors (Lipinski definition) is 4. The topological polar surface area (TPSA) is 65.5 Å². The molecule has 0 aliphatic heterocycles. The highest BCUT2D eigenvalue weighted by Crippen LogP contribution is 2.24. The van der Waals surface area contributed by atoms with Gasteiger partial charge < -0.3 is 14.9 Å². The fraction of sp³-hybridized carbons (Fsp3) is 0.0833. The van der Waals surface area contributed by atoms with Gasteiger partial charge in [0.05, 0.1) is 12.7 Å². The number of nitrogen functional groups attached to an aromatic ring is 1. The van der Waals surface area contributed by atoms with Crippen molar-refractivity contribution in [2.24, 2.45) is 0 Å². The van der Waals surface area contributed by atoms with Crippen molar-refractivity contribution in [3.05, 3.63) is 46.3 Å². The predicted octanol–water partition coefficient (Wildman–Crippen LogP) is 2.86. The van der Waals surface area contributed by atoms with Gasteiger partial charge in [-0.25, -0.2) is 0 Å². The molecule has 2 N–H and O–H groups in total. The van der Waals surface area contributed by atoms with E-state index in [2.05, 4.69) is 15.9 Å². The van der Waals surface area contributed by atoms with Gasteiger partial charge in [0.1, 0.15) is 5.75 Å². The molecule has 0 radical (unpaired) electrons. The molecule has 0 aliphatic carbocycles. The number of furan rings is 1. The molecule has 0 atom stereocenters. The molecular weight excluding hydrogens is 286 g/mol. The van der Waals surface area contributed by atoms with Crippen LogP contribution in [-0.4, -0.2) is 12.9 Å². The summed E-state index contributed by atoms with van der Waals surface area (Å²) in [5.41, 5.74) is 6.52. The molecule has 1 aromatic heterocycles. The highest BCUT2D eigenvalue weighted by molar-refractivity contribution is 9.10. The maximum atomic E-state index is 12.1. The molecule has 0 amide bonds. The van der Waals surface area contributed by atoms with E-state index in [0.717, 1.165) is 0 Å². The number of rotatable bonds is 3. The number of ether oxygens (including phenoxy) is 1. The Bertz CT molecular complexity index is 563. The van der Waals surface area contributed by atoms with Crippen LogP contribution in [0.25, 0.3) is 0 Å². The van der Waals surface area contributed by atoms with Crippen molar-refractivity contribution in [1.29, 1.82) is 0 Å². The van der Waals surface area contributed by atoms with Gasteiger partial charge in [-0.15, -0.1) is 0 Å². The zero-order valence-corrected chi connectivity index (χ0v) is 10.7. The summed E-state index contributed by atoms with van der Waals surface area (Å²) in [6.45, 7) is 0. The summed E-state index contributed by atoms with van der Waals surface area (Å²) in [6.07, 6.45) is 0.